The van der Waals surface area contributed by atoms with E-state index in [1.165, 1.54) is 10.4 Å². The van der Waals surface area contributed by atoms with Crippen molar-refractivity contribution in [1.82, 2.24) is 14.3 Å². The summed E-state index contributed by atoms with van der Waals surface area (Å²) in [6, 6.07) is 5.63. The predicted molar refractivity (Wildman–Crippen MR) is 103 cm³/mol. The maximum Gasteiger partial charge on any atom is 0.416 e. The van der Waals surface area contributed by atoms with Gasteiger partial charge in [0.15, 0.2) is 0 Å². The Bertz CT molecular complexity index is 974. The van der Waals surface area contributed by atoms with E-state index in [4.69, 9.17) is 0 Å². The highest BCUT2D eigenvalue weighted by atomic mass is 32.2. The molecular formula is C18H22F3N5O2S. The molecule has 1 aliphatic heterocycles. The number of anilines is 2. The first-order valence-electron chi connectivity index (χ1n) is 9.13. The molecule has 0 spiro atoms. The number of hydrogen-bond acceptors (Lipinski definition) is 6. The van der Waals surface area contributed by atoms with Gasteiger partial charge in [-0.3, -0.25) is 0 Å². The average molecular weight is 429 g/mol. The molecule has 1 aromatic carbocycles. The Labute approximate surface area is 167 Å². The number of rotatable bonds is 5. The summed E-state index contributed by atoms with van der Waals surface area (Å²) in [5.41, 5.74) is -0.982. The van der Waals surface area contributed by atoms with Crippen LogP contribution in [0.4, 0.5) is 24.8 Å². The molecular weight excluding hydrogens is 407 g/mol. The lowest BCUT2D eigenvalue weighted by atomic mass is 10.2. The van der Waals surface area contributed by atoms with Crippen molar-refractivity contribution in [2.45, 2.75) is 24.9 Å². The molecule has 3 rings (SSSR count). The summed E-state index contributed by atoms with van der Waals surface area (Å²) >= 11 is 0. The first-order chi connectivity index (χ1) is 13.6. The molecule has 0 saturated carbocycles. The van der Waals surface area contributed by atoms with E-state index in [1.54, 1.807) is 13.0 Å². The first-order valence-corrected chi connectivity index (χ1v) is 10.6. The van der Waals surface area contributed by atoms with Gasteiger partial charge >= 0.3 is 6.18 Å². The summed E-state index contributed by atoms with van der Waals surface area (Å²) in [4.78, 5) is 10.3. The van der Waals surface area contributed by atoms with Crippen molar-refractivity contribution >= 4 is 21.7 Å². The molecule has 1 aromatic heterocycles. The fraction of sp³-hybridized carbons (Fsp3) is 0.444. The molecule has 0 aliphatic carbocycles. The number of benzene rings is 1. The molecule has 0 atom stereocenters. The maximum absolute atomic E-state index is 12.9. The monoisotopic (exact) mass is 429 g/mol. The van der Waals surface area contributed by atoms with Gasteiger partial charge in [0.2, 0.25) is 10.0 Å². The van der Waals surface area contributed by atoms with E-state index in [9.17, 15) is 21.6 Å². The third-order valence-corrected chi connectivity index (χ3v) is 6.44. The van der Waals surface area contributed by atoms with Crippen LogP contribution >= 0.6 is 0 Å². The minimum atomic E-state index is -4.60. The molecule has 11 heteroatoms. The average Bonchev–Trinajstić information content (AvgIpc) is 2.67. The molecule has 2 aromatic rings. The Morgan fingerprint density at radius 2 is 1.79 bits per heavy atom. The molecule has 0 bridgehead atoms. The van der Waals surface area contributed by atoms with Gasteiger partial charge in [0, 0.05) is 38.8 Å². The molecule has 1 saturated heterocycles. The Balaban J connectivity index is 1.75. The Kier molecular flexibility index (Phi) is 5.99. The van der Waals surface area contributed by atoms with E-state index in [-0.39, 0.29) is 18.0 Å². The zero-order valence-electron chi connectivity index (χ0n) is 16.1. The number of nitrogens with one attached hydrogen (secondary N) is 1. The second-order valence-corrected chi connectivity index (χ2v) is 8.54. The standard InChI is InChI=1S/C18H22F3N5O2S/c1-3-22-16-12-17(24-13(2)23-16)25-7-9-26(10-8-25)29(27,28)15-6-4-5-14(11-15)18(19,20)21/h4-6,11-12H,3,7-10H2,1-2H3,(H,22,23,24). The fourth-order valence-electron chi connectivity index (χ4n) is 3.13. The van der Waals surface area contributed by atoms with Crippen molar-refractivity contribution in [2.24, 2.45) is 0 Å². The van der Waals surface area contributed by atoms with Crippen LogP contribution in [-0.4, -0.2) is 55.4 Å². The highest BCUT2D eigenvalue weighted by Crippen LogP contribution is 2.31. The van der Waals surface area contributed by atoms with Crippen LogP contribution in [0, 0.1) is 6.92 Å². The van der Waals surface area contributed by atoms with Gasteiger partial charge in [0.1, 0.15) is 17.5 Å². The van der Waals surface area contributed by atoms with Crippen LogP contribution in [-0.2, 0) is 16.2 Å². The molecule has 158 valence electrons. The van der Waals surface area contributed by atoms with Gasteiger partial charge in [-0.15, -0.1) is 0 Å². The first kappa shape index (κ1) is 21.3. The zero-order chi connectivity index (χ0) is 21.2. The van der Waals surface area contributed by atoms with Crippen LogP contribution in [0.15, 0.2) is 35.2 Å². The second-order valence-electron chi connectivity index (χ2n) is 6.61. The van der Waals surface area contributed by atoms with Gasteiger partial charge in [0.05, 0.1) is 10.5 Å². The summed E-state index contributed by atoms with van der Waals surface area (Å²) in [5.74, 6) is 1.97. The van der Waals surface area contributed by atoms with Crippen LogP contribution in [0.25, 0.3) is 0 Å². The SMILES string of the molecule is CCNc1cc(N2CCN(S(=O)(=O)c3cccc(C(F)(F)F)c3)CC2)nc(C)n1. The lowest BCUT2D eigenvalue weighted by molar-refractivity contribution is -0.137. The van der Waals surface area contributed by atoms with Crippen molar-refractivity contribution in [1.29, 1.82) is 0 Å². The summed E-state index contributed by atoms with van der Waals surface area (Å²) in [6.45, 7) is 5.49. The number of hydrogen-bond donors (Lipinski definition) is 1. The molecule has 7 nitrogen and oxygen atoms in total. The van der Waals surface area contributed by atoms with Crippen molar-refractivity contribution in [2.75, 3.05) is 42.9 Å². The van der Waals surface area contributed by atoms with Crippen LogP contribution in [0.2, 0.25) is 0 Å². The van der Waals surface area contributed by atoms with E-state index in [0.29, 0.717) is 43.2 Å². The van der Waals surface area contributed by atoms with E-state index in [1.807, 2.05) is 11.8 Å². The van der Waals surface area contributed by atoms with E-state index >= 15 is 0 Å². The molecule has 2 heterocycles. The number of aryl methyl sites for hydroxylation is 1. The second kappa shape index (κ2) is 8.15. The fourth-order valence-corrected chi connectivity index (χ4v) is 4.59. The molecule has 1 aliphatic rings. The van der Waals surface area contributed by atoms with Crippen LogP contribution in [0.5, 0.6) is 0 Å². The summed E-state index contributed by atoms with van der Waals surface area (Å²) in [6.07, 6.45) is -4.60. The third-order valence-electron chi connectivity index (χ3n) is 4.54. The number of nitrogens with zero attached hydrogens (tertiary/aromatic N) is 4. The molecule has 0 amide bonds. The quantitative estimate of drug-likeness (QED) is 0.788. The summed E-state index contributed by atoms with van der Waals surface area (Å²) in [7, 11) is -4.01. The number of alkyl halides is 3. The van der Waals surface area contributed by atoms with Gasteiger partial charge in [0.25, 0.3) is 0 Å². The van der Waals surface area contributed by atoms with Crippen LogP contribution in [0.3, 0.4) is 0 Å². The van der Waals surface area contributed by atoms with Gasteiger partial charge < -0.3 is 10.2 Å². The maximum atomic E-state index is 12.9. The third kappa shape index (κ3) is 4.78. The topological polar surface area (TPSA) is 78.4 Å². The highest BCUT2D eigenvalue weighted by Gasteiger charge is 2.34. The lowest BCUT2D eigenvalue weighted by Crippen LogP contribution is -2.49. The number of aromatic nitrogens is 2. The van der Waals surface area contributed by atoms with E-state index in [0.717, 1.165) is 12.1 Å². The molecule has 0 radical (unpaired) electrons. The molecule has 1 fully saturated rings. The number of piperazine rings is 1. The Morgan fingerprint density at radius 3 is 2.41 bits per heavy atom. The largest absolute Gasteiger partial charge is 0.416 e. The van der Waals surface area contributed by atoms with Crippen LogP contribution < -0.4 is 10.2 Å². The van der Waals surface area contributed by atoms with Crippen LogP contribution in [0.1, 0.15) is 18.3 Å². The van der Waals surface area contributed by atoms with Crippen molar-refractivity contribution in [3.63, 3.8) is 0 Å². The Hall–Kier alpha value is -2.40. The van der Waals surface area contributed by atoms with E-state index < -0.39 is 21.8 Å². The van der Waals surface area contributed by atoms with Gasteiger partial charge in [-0.1, -0.05) is 6.07 Å². The molecule has 1 N–H and O–H groups in total. The van der Waals surface area contributed by atoms with Crippen molar-refractivity contribution in [3.05, 3.63) is 41.7 Å². The van der Waals surface area contributed by atoms with Gasteiger partial charge in [-0.05, 0) is 32.0 Å². The number of sulfonamides is 1. The minimum absolute atomic E-state index is 0.151. The number of halogens is 3. The van der Waals surface area contributed by atoms with Crippen molar-refractivity contribution < 1.29 is 21.6 Å². The van der Waals surface area contributed by atoms with Crippen molar-refractivity contribution in [3.8, 4) is 0 Å². The highest BCUT2D eigenvalue weighted by molar-refractivity contribution is 7.89. The molecule has 0 unspecified atom stereocenters. The summed E-state index contributed by atoms with van der Waals surface area (Å²) < 4.78 is 65.6. The summed E-state index contributed by atoms with van der Waals surface area (Å²) in [5, 5.41) is 3.12. The van der Waals surface area contributed by atoms with E-state index in [2.05, 4.69) is 15.3 Å². The Morgan fingerprint density at radius 1 is 1.10 bits per heavy atom. The predicted octanol–water partition coefficient (Wildman–Crippen LogP) is 2.75. The van der Waals surface area contributed by atoms with Gasteiger partial charge in [-0.25, -0.2) is 18.4 Å². The zero-order valence-corrected chi connectivity index (χ0v) is 16.9. The smallest absolute Gasteiger partial charge is 0.370 e. The van der Waals surface area contributed by atoms with Gasteiger partial charge in [-0.2, -0.15) is 17.5 Å². The minimum Gasteiger partial charge on any atom is -0.370 e. The molecule has 29 heavy (non-hydrogen) atoms. The normalized spacial score (nSPS) is 16.1. The lowest BCUT2D eigenvalue weighted by Gasteiger charge is -2.34.